The standard InChI is InChI=1S/C24H24FN3O6/c1-12(2)21-17(9-8-15(29)10-16(30)11-18(31)34-3)19(13-4-6-14(25)7-5-13)20-22(26-21)27-24(33)28-23(20)32/h4-9,12,15,29H,10-11H2,1-3H3,(H2,26,27,28,32,33). The minimum absolute atomic E-state index is 0.0720. The van der Waals surface area contributed by atoms with E-state index in [4.69, 9.17) is 0 Å². The average molecular weight is 469 g/mol. The number of carbonyl (C=O) groups excluding carboxylic acids is 2. The van der Waals surface area contributed by atoms with E-state index in [1.54, 1.807) is 0 Å². The SMILES string of the molecule is COC(=O)CC(=O)CC(O)C=Cc1c(C(C)C)nc2[nH]c(=O)[nH]c(=O)c2c1-c1ccc(F)cc1. The van der Waals surface area contributed by atoms with Gasteiger partial charge >= 0.3 is 11.7 Å². The molecule has 0 saturated carbocycles. The monoisotopic (exact) mass is 469 g/mol. The molecule has 0 radical (unpaired) electrons. The van der Waals surface area contributed by atoms with Gasteiger partial charge in [-0.05, 0) is 23.6 Å². The van der Waals surface area contributed by atoms with Crippen LogP contribution in [0.4, 0.5) is 4.39 Å². The van der Waals surface area contributed by atoms with Crippen LogP contribution in [0, 0.1) is 5.82 Å². The molecule has 2 heterocycles. The van der Waals surface area contributed by atoms with E-state index in [2.05, 4.69) is 19.7 Å². The molecule has 0 amide bonds. The first-order chi connectivity index (χ1) is 16.1. The van der Waals surface area contributed by atoms with Crippen molar-refractivity contribution >= 4 is 28.9 Å². The zero-order valence-corrected chi connectivity index (χ0v) is 18.8. The number of halogens is 1. The maximum atomic E-state index is 13.6. The van der Waals surface area contributed by atoms with E-state index in [1.165, 1.54) is 36.4 Å². The second-order valence-corrected chi connectivity index (χ2v) is 8.00. The van der Waals surface area contributed by atoms with Gasteiger partial charge in [0, 0.05) is 17.5 Å². The fourth-order valence-corrected chi connectivity index (χ4v) is 3.57. The highest BCUT2D eigenvalue weighted by molar-refractivity contribution is 5.98. The van der Waals surface area contributed by atoms with Crippen molar-refractivity contribution in [3.63, 3.8) is 0 Å². The number of nitrogens with zero attached hydrogens (tertiary/aromatic N) is 1. The molecule has 0 fully saturated rings. The van der Waals surface area contributed by atoms with Crippen LogP contribution >= 0.6 is 0 Å². The maximum Gasteiger partial charge on any atom is 0.327 e. The maximum absolute atomic E-state index is 13.6. The summed E-state index contributed by atoms with van der Waals surface area (Å²) in [4.78, 5) is 57.0. The average Bonchev–Trinajstić information content (AvgIpc) is 2.77. The van der Waals surface area contributed by atoms with Gasteiger partial charge in [0.15, 0.2) is 0 Å². The van der Waals surface area contributed by atoms with Crippen molar-refractivity contribution in [2.75, 3.05) is 7.11 Å². The number of aliphatic hydroxyl groups excluding tert-OH is 1. The number of esters is 1. The van der Waals surface area contributed by atoms with Gasteiger partial charge in [-0.25, -0.2) is 14.2 Å². The van der Waals surface area contributed by atoms with Crippen molar-refractivity contribution < 1.29 is 23.8 Å². The van der Waals surface area contributed by atoms with E-state index in [0.717, 1.165) is 7.11 Å². The third kappa shape index (κ3) is 5.52. The van der Waals surface area contributed by atoms with Crippen LogP contribution in [0.15, 0.2) is 39.9 Å². The molecule has 9 nitrogen and oxygen atoms in total. The lowest BCUT2D eigenvalue weighted by molar-refractivity contribution is -0.143. The van der Waals surface area contributed by atoms with Crippen LogP contribution in [-0.2, 0) is 14.3 Å². The zero-order chi connectivity index (χ0) is 25.0. The Hall–Kier alpha value is -3.92. The number of ketones is 1. The smallest absolute Gasteiger partial charge is 0.327 e. The number of rotatable bonds is 8. The van der Waals surface area contributed by atoms with E-state index >= 15 is 0 Å². The Kier molecular flexibility index (Phi) is 7.52. The van der Waals surface area contributed by atoms with Gasteiger partial charge in [0.25, 0.3) is 5.56 Å². The molecular weight excluding hydrogens is 445 g/mol. The Morgan fingerprint density at radius 1 is 1.18 bits per heavy atom. The fraction of sp³-hybridized carbons (Fsp3) is 0.292. The molecule has 0 aliphatic carbocycles. The summed E-state index contributed by atoms with van der Waals surface area (Å²) >= 11 is 0. The number of benzene rings is 1. The molecule has 1 aromatic carbocycles. The van der Waals surface area contributed by atoms with Gasteiger partial charge in [0.05, 0.1) is 24.3 Å². The van der Waals surface area contributed by atoms with Crippen LogP contribution in [-0.4, -0.2) is 45.0 Å². The zero-order valence-electron chi connectivity index (χ0n) is 18.8. The third-order valence-corrected chi connectivity index (χ3v) is 5.12. The Morgan fingerprint density at radius 3 is 2.47 bits per heavy atom. The van der Waals surface area contributed by atoms with E-state index < -0.39 is 41.3 Å². The van der Waals surface area contributed by atoms with Crippen LogP contribution in [0.25, 0.3) is 28.2 Å². The molecule has 2 aromatic heterocycles. The van der Waals surface area contributed by atoms with Crippen LogP contribution in [0.1, 0.15) is 43.9 Å². The summed E-state index contributed by atoms with van der Waals surface area (Å²) in [5, 5.41) is 10.4. The van der Waals surface area contributed by atoms with Gasteiger partial charge in [0.2, 0.25) is 0 Å². The summed E-state index contributed by atoms with van der Waals surface area (Å²) in [5.74, 6) is -1.83. The molecule has 0 spiro atoms. The number of aromatic amines is 2. The summed E-state index contributed by atoms with van der Waals surface area (Å²) < 4.78 is 18.1. The van der Waals surface area contributed by atoms with Crippen molar-refractivity contribution in [2.45, 2.75) is 38.7 Å². The topological polar surface area (TPSA) is 142 Å². The minimum atomic E-state index is -1.22. The van der Waals surface area contributed by atoms with Crippen molar-refractivity contribution in [1.82, 2.24) is 15.0 Å². The van der Waals surface area contributed by atoms with E-state index in [0.29, 0.717) is 22.4 Å². The highest BCUT2D eigenvalue weighted by Gasteiger charge is 2.21. The minimum Gasteiger partial charge on any atom is -0.469 e. The largest absolute Gasteiger partial charge is 0.469 e. The molecule has 1 unspecified atom stereocenters. The molecule has 0 aliphatic heterocycles. The number of nitrogens with one attached hydrogen (secondary N) is 2. The highest BCUT2D eigenvalue weighted by Crippen LogP contribution is 2.34. The molecule has 3 rings (SSSR count). The number of H-pyrrole nitrogens is 2. The van der Waals surface area contributed by atoms with Gasteiger partial charge in [0.1, 0.15) is 23.7 Å². The molecule has 34 heavy (non-hydrogen) atoms. The first-order valence-corrected chi connectivity index (χ1v) is 10.5. The quantitative estimate of drug-likeness (QED) is 0.340. The number of carbonyl (C=O) groups is 2. The molecular formula is C24H24FN3O6. The van der Waals surface area contributed by atoms with Crippen LogP contribution in [0.2, 0.25) is 0 Å². The predicted octanol–water partition coefficient (Wildman–Crippen LogP) is 2.44. The second-order valence-electron chi connectivity index (χ2n) is 8.00. The summed E-state index contributed by atoms with van der Waals surface area (Å²) in [6.45, 7) is 3.73. The van der Waals surface area contributed by atoms with Crippen molar-refractivity contribution in [3.05, 3.63) is 68.3 Å². The number of pyridine rings is 1. The summed E-state index contributed by atoms with van der Waals surface area (Å²) in [6.07, 6.45) is 0.893. The van der Waals surface area contributed by atoms with Gasteiger partial charge in [-0.15, -0.1) is 0 Å². The summed E-state index contributed by atoms with van der Waals surface area (Å²) in [7, 11) is 1.16. The first-order valence-electron chi connectivity index (χ1n) is 10.5. The Balaban J connectivity index is 2.19. The van der Waals surface area contributed by atoms with Crippen molar-refractivity contribution in [2.24, 2.45) is 0 Å². The van der Waals surface area contributed by atoms with Gasteiger partial charge in [-0.2, -0.15) is 0 Å². The normalized spacial score (nSPS) is 12.4. The number of hydrogen-bond donors (Lipinski definition) is 3. The Labute approximate surface area is 193 Å². The molecule has 3 aromatic rings. The predicted molar refractivity (Wildman–Crippen MR) is 124 cm³/mol. The van der Waals surface area contributed by atoms with Crippen LogP contribution in [0.3, 0.4) is 0 Å². The number of aliphatic hydroxyl groups is 1. The molecule has 10 heteroatoms. The van der Waals surface area contributed by atoms with Gasteiger partial charge < -0.3 is 9.84 Å². The first kappa shape index (κ1) is 24.7. The molecule has 3 N–H and O–H groups in total. The Morgan fingerprint density at radius 2 is 1.85 bits per heavy atom. The third-order valence-electron chi connectivity index (χ3n) is 5.12. The number of fused-ring (bicyclic) bond motifs is 1. The van der Waals surface area contributed by atoms with E-state index in [9.17, 15) is 28.7 Å². The van der Waals surface area contributed by atoms with E-state index in [-0.39, 0.29) is 23.4 Å². The lowest BCUT2D eigenvalue weighted by Crippen LogP contribution is -2.24. The number of aromatic nitrogens is 3. The number of ether oxygens (including phenoxy) is 1. The number of Topliss-reactive ketones (excluding diaryl/α,β-unsaturated/α-hetero) is 1. The van der Waals surface area contributed by atoms with Crippen LogP contribution in [0.5, 0.6) is 0 Å². The van der Waals surface area contributed by atoms with Crippen molar-refractivity contribution in [3.8, 4) is 11.1 Å². The molecule has 0 bridgehead atoms. The van der Waals surface area contributed by atoms with Gasteiger partial charge in [-0.3, -0.25) is 24.4 Å². The summed E-state index contributed by atoms with van der Waals surface area (Å²) in [5.41, 5.74) is 0.530. The number of methoxy groups -OCH3 is 1. The van der Waals surface area contributed by atoms with Gasteiger partial charge in [-0.1, -0.05) is 38.1 Å². The lowest BCUT2D eigenvalue weighted by atomic mass is 9.91. The molecule has 0 aliphatic rings. The second kappa shape index (κ2) is 10.3. The van der Waals surface area contributed by atoms with Crippen molar-refractivity contribution in [1.29, 1.82) is 0 Å². The van der Waals surface area contributed by atoms with E-state index in [1.807, 2.05) is 13.8 Å². The molecule has 1 atom stereocenters. The fourth-order valence-electron chi connectivity index (χ4n) is 3.57. The Bertz CT molecular complexity index is 1370. The lowest BCUT2D eigenvalue weighted by Gasteiger charge is -2.17. The van der Waals surface area contributed by atoms with Crippen LogP contribution < -0.4 is 11.2 Å². The molecule has 178 valence electrons. The number of hydrogen-bond acceptors (Lipinski definition) is 7. The highest BCUT2D eigenvalue weighted by atomic mass is 19.1. The summed E-state index contributed by atoms with van der Waals surface area (Å²) in [6, 6.07) is 5.47. The molecule has 0 saturated heterocycles.